The second-order valence-electron chi connectivity index (χ2n) is 7.86. The Kier molecular flexibility index (Phi) is 6.82. The Bertz CT molecular complexity index is 1460. The van der Waals surface area contributed by atoms with E-state index < -0.39 is 31.9 Å². The van der Waals surface area contributed by atoms with E-state index in [-0.39, 0.29) is 17.1 Å². The van der Waals surface area contributed by atoms with Gasteiger partial charge in [-0.2, -0.15) is 17.9 Å². The van der Waals surface area contributed by atoms with Gasteiger partial charge in [0, 0.05) is 12.1 Å². The number of hydrogen-bond acceptors (Lipinski definition) is 6. The smallest absolute Gasteiger partial charge is 0.279 e. The van der Waals surface area contributed by atoms with E-state index in [0.717, 1.165) is 10.5 Å². The van der Waals surface area contributed by atoms with Crippen LogP contribution in [-0.4, -0.2) is 39.8 Å². The fourth-order valence-electron chi connectivity index (χ4n) is 3.68. The molecule has 0 fully saturated rings. The molecule has 0 aromatic heterocycles. The molecule has 3 aromatic carbocycles. The van der Waals surface area contributed by atoms with E-state index in [2.05, 4.69) is 9.82 Å². The first kappa shape index (κ1) is 24.7. The number of methoxy groups -OCH3 is 1. The zero-order valence-electron chi connectivity index (χ0n) is 19.0. The number of nitrogens with one attached hydrogen (secondary N) is 1. The number of hydrazone groups is 1. The van der Waals surface area contributed by atoms with Crippen molar-refractivity contribution in [2.24, 2.45) is 5.10 Å². The van der Waals surface area contributed by atoms with Crippen LogP contribution < -0.4 is 9.46 Å². The van der Waals surface area contributed by atoms with Crippen molar-refractivity contribution in [3.8, 4) is 5.75 Å². The average molecular weight is 518 g/mol. The van der Waals surface area contributed by atoms with Crippen LogP contribution in [0.5, 0.6) is 5.75 Å². The summed E-state index contributed by atoms with van der Waals surface area (Å²) in [6.07, 6.45) is 0.265. The van der Waals surface area contributed by atoms with Gasteiger partial charge in [0.05, 0.1) is 29.5 Å². The Morgan fingerprint density at radius 2 is 1.71 bits per heavy atom. The largest absolute Gasteiger partial charge is 0.497 e. The molecule has 1 aliphatic rings. The molecule has 3 aromatic rings. The molecule has 0 amide bonds. The Morgan fingerprint density at radius 3 is 2.31 bits per heavy atom. The molecule has 4 rings (SSSR count). The first-order chi connectivity index (χ1) is 16.6. The minimum absolute atomic E-state index is 0.0576. The number of rotatable bonds is 8. The molecule has 0 radical (unpaired) electrons. The number of hydrogen-bond donors (Lipinski definition) is 1. The summed E-state index contributed by atoms with van der Waals surface area (Å²) in [6.45, 7) is 1.54. The SMILES string of the molecule is CCS(=O)(=O)Nc1ccc(C2=NN(S(=O)(=O)c3cccc(F)c3)[C@@H](c3ccc(OC)cc3)C2)cc1. The maximum Gasteiger partial charge on any atom is 0.279 e. The summed E-state index contributed by atoms with van der Waals surface area (Å²) in [5.41, 5.74) is 2.22. The predicted octanol–water partition coefficient (Wildman–Crippen LogP) is 4.14. The molecule has 184 valence electrons. The van der Waals surface area contributed by atoms with Crippen LogP contribution in [0.15, 0.2) is 82.8 Å². The van der Waals surface area contributed by atoms with Gasteiger partial charge in [-0.3, -0.25) is 4.72 Å². The number of benzene rings is 3. The lowest BCUT2D eigenvalue weighted by Crippen LogP contribution is -2.27. The molecule has 0 bridgehead atoms. The van der Waals surface area contributed by atoms with E-state index in [1.165, 1.54) is 32.2 Å². The minimum atomic E-state index is -4.17. The standard InChI is InChI=1S/C24H24FN3O5S2/c1-3-34(29,30)27-20-11-7-17(8-12-20)23-16-24(18-9-13-21(33-2)14-10-18)28(26-23)35(31,32)22-6-4-5-19(25)15-22/h4-15,24,27H,3,16H2,1-2H3/t24-/m1/s1. The van der Waals surface area contributed by atoms with Gasteiger partial charge >= 0.3 is 0 Å². The third-order valence-corrected chi connectivity index (χ3v) is 8.57. The van der Waals surface area contributed by atoms with Crippen molar-refractivity contribution >= 4 is 31.4 Å². The second kappa shape index (κ2) is 9.67. The van der Waals surface area contributed by atoms with Gasteiger partial charge in [-0.15, -0.1) is 0 Å². The molecular formula is C24H24FN3O5S2. The van der Waals surface area contributed by atoms with Crippen LogP contribution >= 0.6 is 0 Å². The Balaban J connectivity index is 1.72. The summed E-state index contributed by atoms with van der Waals surface area (Å²) in [7, 11) is -6.06. The molecule has 0 aliphatic carbocycles. The van der Waals surface area contributed by atoms with E-state index >= 15 is 0 Å². The Labute approximate surface area is 204 Å². The molecule has 11 heteroatoms. The van der Waals surface area contributed by atoms with Crippen molar-refractivity contribution in [3.05, 3.63) is 89.7 Å². The van der Waals surface area contributed by atoms with Gasteiger partial charge in [-0.25, -0.2) is 12.8 Å². The van der Waals surface area contributed by atoms with Crippen molar-refractivity contribution in [2.75, 3.05) is 17.6 Å². The van der Waals surface area contributed by atoms with Crippen LogP contribution in [0.25, 0.3) is 0 Å². The summed E-state index contributed by atoms with van der Waals surface area (Å²) >= 11 is 0. The number of nitrogens with zero attached hydrogens (tertiary/aromatic N) is 2. The third kappa shape index (κ3) is 5.30. The Hall–Kier alpha value is -3.44. The maximum atomic E-state index is 13.8. The third-order valence-electron chi connectivity index (χ3n) is 5.58. The molecule has 0 spiro atoms. The monoisotopic (exact) mass is 517 g/mol. The van der Waals surface area contributed by atoms with Crippen LogP contribution in [0.3, 0.4) is 0 Å². The average Bonchev–Trinajstić information content (AvgIpc) is 3.31. The Morgan fingerprint density at radius 1 is 1.03 bits per heavy atom. The summed E-state index contributed by atoms with van der Waals surface area (Å²) < 4.78 is 73.1. The molecule has 0 saturated carbocycles. The van der Waals surface area contributed by atoms with Crippen LogP contribution in [0.1, 0.15) is 30.5 Å². The van der Waals surface area contributed by atoms with Gasteiger partial charge in [-0.1, -0.05) is 30.3 Å². The molecule has 1 atom stereocenters. The summed E-state index contributed by atoms with van der Waals surface area (Å²) in [5.74, 6) is -0.101. The molecular weight excluding hydrogens is 493 g/mol. The maximum absolute atomic E-state index is 13.8. The van der Waals surface area contributed by atoms with E-state index in [1.807, 2.05) is 0 Å². The van der Waals surface area contributed by atoms with Crippen LogP contribution in [0, 0.1) is 5.82 Å². The lowest BCUT2D eigenvalue weighted by Gasteiger charge is -2.23. The molecule has 8 nitrogen and oxygen atoms in total. The molecule has 1 N–H and O–H groups in total. The van der Waals surface area contributed by atoms with Crippen molar-refractivity contribution in [2.45, 2.75) is 24.3 Å². The van der Waals surface area contributed by atoms with Crippen molar-refractivity contribution in [3.63, 3.8) is 0 Å². The van der Waals surface area contributed by atoms with E-state index in [0.29, 0.717) is 28.3 Å². The van der Waals surface area contributed by atoms with Crippen LogP contribution in [-0.2, 0) is 20.0 Å². The highest BCUT2D eigenvalue weighted by Crippen LogP contribution is 2.38. The van der Waals surface area contributed by atoms with Gasteiger partial charge in [0.2, 0.25) is 10.0 Å². The van der Waals surface area contributed by atoms with E-state index in [4.69, 9.17) is 4.74 Å². The normalized spacial score (nSPS) is 16.1. The number of anilines is 1. The lowest BCUT2D eigenvalue weighted by molar-refractivity contribution is 0.370. The van der Waals surface area contributed by atoms with Crippen LogP contribution in [0.2, 0.25) is 0 Å². The fraction of sp³-hybridized carbons (Fsp3) is 0.208. The molecule has 0 unspecified atom stereocenters. The van der Waals surface area contributed by atoms with Crippen molar-refractivity contribution < 1.29 is 26.0 Å². The van der Waals surface area contributed by atoms with Gasteiger partial charge in [0.25, 0.3) is 10.0 Å². The highest BCUT2D eigenvalue weighted by atomic mass is 32.2. The van der Waals surface area contributed by atoms with E-state index in [1.54, 1.807) is 48.5 Å². The number of ether oxygens (including phenoxy) is 1. The molecule has 1 aliphatic heterocycles. The number of halogens is 1. The zero-order valence-corrected chi connectivity index (χ0v) is 20.7. The topological polar surface area (TPSA) is 105 Å². The van der Waals surface area contributed by atoms with E-state index in [9.17, 15) is 21.2 Å². The fourth-order valence-corrected chi connectivity index (χ4v) is 5.78. The zero-order chi connectivity index (χ0) is 25.2. The predicted molar refractivity (Wildman–Crippen MR) is 132 cm³/mol. The van der Waals surface area contributed by atoms with Gasteiger partial charge in [0.15, 0.2) is 0 Å². The summed E-state index contributed by atoms with van der Waals surface area (Å²) in [4.78, 5) is -0.203. The second-order valence-corrected chi connectivity index (χ2v) is 11.7. The quantitative estimate of drug-likeness (QED) is 0.484. The van der Waals surface area contributed by atoms with Gasteiger partial charge in [0.1, 0.15) is 11.6 Å². The highest BCUT2D eigenvalue weighted by Gasteiger charge is 2.38. The molecule has 0 saturated heterocycles. The molecule has 35 heavy (non-hydrogen) atoms. The lowest BCUT2D eigenvalue weighted by atomic mass is 9.99. The highest BCUT2D eigenvalue weighted by molar-refractivity contribution is 7.92. The van der Waals surface area contributed by atoms with Crippen LogP contribution in [0.4, 0.5) is 10.1 Å². The van der Waals surface area contributed by atoms with Crippen molar-refractivity contribution in [1.82, 2.24) is 4.41 Å². The minimum Gasteiger partial charge on any atom is -0.497 e. The van der Waals surface area contributed by atoms with Crippen molar-refractivity contribution in [1.29, 1.82) is 0 Å². The van der Waals surface area contributed by atoms with Gasteiger partial charge < -0.3 is 4.74 Å². The first-order valence-electron chi connectivity index (χ1n) is 10.8. The molecule has 1 heterocycles. The summed E-state index contributed by atoms with van der Waals surface area (Å²) in [6, 6.07) is 17.7. The number of sulfonamides is 2. The first-order valence-corrected chi connectivity index (χ1v) is 13.8. The van der Waals surface area contributed by atoms with Gasteiger partial charge in [-0.05, 0) is 60.5 Å². The summed E-state index contributed by atoms with van der Waals surface area (Å²) in [5, 5.41) is 4.43.